The van der Waals surface area contributed by atoms with Crippen LogP contribution in [-0.2, 0) is 21.3 Å². The monoisotopic (exact) mass is 703 g/mol. The van der Waals surface area contributed by atoms with Gasteiger partial charge in [0.15, 0.2) is 6.73 Å². The van der Waals surface area contributed by atoms with Crippen LogP contribution in [0, 0.1) is 5.82 Å². The Balaban J connectivity index is 1.17. The highest BCUT2D eigenvalue weighted by Gasteiger charge is 2.39. The number of carbonyl (C=O) groups is 2. The number of ether oxygens (including phenoxy) is 3. The van der Waals surface area contributed by atoms with E-state index in [0.717, 1.165) is 23.9 Å². The van der Waals surface area contributed by atoms with Gasteiger partial charge < -0.3 is 24.0 Å². The van der Waals surface area contributed by atoms with E-state index in [0.29, 0.717) is 35.6 Å². The highest BCUT2D eigenvalue weighted by atomic mass is 35.5. The molecule has 7 rings (SSSR count). The molecule has 4 aromatic rings. The topological polar surface area (TPSA) is 99.0 Å². The van der Waals surface area contributed by atoms with Gasteiger partial charge in [0.1, 0.15) is 11.3 Å². The van der Waals surface area contributed by atoms with Crippen LogP contribution in [0.25, 0.3) is 27.7 Å². The van der Waals surface area contributed by atoms with Crippen LogP contribution in [0.1, 0.15) is 39.1 Å². The second kappa shape index (κ2) is 13.7. The van der Waals surface area contributed by atoms with Crippen molar-refractivity contribution in [3.8, 4) is 11.1 Å². The van der Waals surface area contributed by atoms with Crippen molar-refractivity contribution in [2.45, 2.75) is 24.9 Å². The lowest BCUT2D eigenvalue weighted by Crippen LogP contribution is -2.46. The van der Waals surface area contributed by atoms with Crippen molar-refractivity contribution in [2.75, 3.05) is 38.5 Å². The maximum Gasteiger partial charge on any atom is 0.340 e. The summed E-state index contributed by atoms with van der Waals surface area (Å²) in [6.45, 7) is 1.08. The van der Waals surface area contributed by atoms with E-state index in [1.54, 1.807) is 47.2 Å². The van der Waals surface area contributed by atoms with Crippen molar-refractivity contribution in [3.63, 3.8) is 0 Å². The first-order chi connectivity index (χ1) is 23.7. The second-order valence-corrected chi connectivity index (χ2v) is 12.9. The van der Waals surface area contributed by atoms with Gasteiger partial charge in [-0.15, -0.1) is 5.10 Å². The van der Waals surface area contributed by atoms with E-state index in [1.165, 1.54) is 24.3 Å². The number of fused-ring (bicyclic) bond motifs is 3. The quantitative estimate of drug-likeness (QED) is 0.209. The number of morpholine rings is 1. The minimum atomic E-state index is -0.619. The Kier molecular flexibility index (Phi) is 9.15. The Morgan fingerprint density at radius 3 is 2.51 bits per heavy atom. The Morgan fingerprint density at radius 1 is 1.02 bits per heavy atom. The number of carbonyl (C=O) groups excluding carboxylic acids is 2. The fourth-order valence-corrected chi connectivity index (χ4v) is 7.35. The third-order valence-corrected chi connectivity index (χ3v) is 9.70. The Labute approximate surface area is 291 Å². The molecular weight excluding hydrogens is 672 g/mol. The zero-order chi connectivity index (χ0) is 34.2. The smallest absolute Gasteiger partial charge is 0.340 e. The summed E-state index contributed by atoms with van der Waals surface area (Å²) in [6.07, 6.45) is 10.2. The van der Waals surface area contributed by atoms with E-state index in [1.807, 2.05) is 25.2 Å². The largest absolute Gasteiger partial charge is 0.480 e. The lowest BCUT2D eigenvalue weighted by molar-refractivity contribution is 0.0550. The number of amides is 1. The molecule has 2 unspecified atom stereocenters. The van der Waals surface area contributed by atoms with Crippen LogP contribution in [0.5, 0.6) is 0 Å². The molecule has 13 heteroatoms. The third kappa shape index (κ3) is 6.18. The molecule has 0 aliphatic carbocycles. The fourth-order valence-electron chi connectivity index (χ4n) is 6.70. The summed E-state index contributed by atoms with van der Waals surface area (Å²) in [5.74, 6) is -1.68. The highest BCUT2D eigenvalue weighted by molar-refractivity contribution is 6.40. The van der Waals surface area contributed by atoms with Gasteiger partial charge in [0, 0.05) is 30.3 Å². The molecule has 1 aromatic heterocycles. The minimum absolute atomic E-state index is 0.0706. The molecule has 3 aromatic carbocycles. The van der Waals surface area contributed by atoms with Crippen LogP contribution in [0.2, 0.25) is 10.0 Å². The molecular formula is C36H32Cl2FN5O5. The molecule has 2 fully saturated rings. The SMILES string of the molecule is COC(=O)c1cc(F)c(C2=C\OCN(C(=O)c3c(Cl)cc(-c4cccc5c4nnn5C)cc3Cl)C/C=C/C=C\2)cc1N1C2CCC1COC2. The summed E-state index contributed by atoms with van der Waals surface area (Å²) in [4.78, 5) is 30.2. The fraction of sp³-hybridized carbons (Fsp3) is 0.278. The number of aryl methyl sites for hydroxylation is 1. The number of nitrogens with zero attached hydrogens (tertiary/aromatic N) is 5. The predicted octanol–water partition coefficient (Wildman–Crippen LogP) is 6.82. The number of benzene rings is 3. The summed E-state index contributed by atoms with van der Waals surface area (Å²) in [5, 5.41) is 8.72. The molecule has 2 atom stereocenters. The van der Waals surface area contributed by atoms with Crippen LogP contribution in [0.15, 0.2) is 73.0 Å². The average Bonchev–Trinajstić information content (AvgIpc) is 3.60. The zero-order valence-electron chi connectivity index (χ0n) is 26.7. The van der Waals surface area contributed by atoms with Crippen molar-refractivity contribution in [3.05, 3.63) is 106 Å². The number of esters is 1. The first-order valence-electron chi connectivity index (χ1n) is 15.8. The summed E-state index contributed by atoms with van der Waals surface area (Å²) >= 11 is 13.4. The van der Waals surface area contributed by atoms with E-state index in [-0.39, 0.29) is 52.1 Å². The standard InChI is InChI=1S/C36H32Cl2FN5O5/c1-42-31-9-6-8-25(34(31)40-41-42)22-13-28(37)33(29(38)14-22)35(45)43-12-5-3-4-7-21(17-49-20-43)26-16-32(27(15-30(26)39)36(46)47-2)44-23-10-11-24(44)19-48-18-23/h3-9,13-17,23-24H,10-12,18-20H2,1-2H3/b5-3+,7-4-,21-17-. The van der Waals surface area contributed by atoms with E-state index in [4.69, 9.17) is 37.4 Å². The van der Waals surface area contributed by atoms with Gasteiger partial charge in [-0.05, 0) is 48.7 Å². The van der Waals surface area contributed by atoms with Gasteiger partial charge in [-0.2, -0.15) is 0 Å². The van der Waals surface area contributed by atoms with E-state index >= 15 is 4.39 Å². The maximum atomic E-state index is 15.8. The van der Waals surface area contributed by atoms with Gasteiger partial charge >= 0.3 is 5.97 Å². The molecule has 1 amide bonds. The van der Waals surface area contributed by atoms with Crippen LogP contribution in [0.4, 0.5) is 10.1 Å². The summed E-state index contributed by atoms with van der Waals surface area (Å²) in [7, 11) is 3.09. The number of allylic oxidation sites excluding steroid dienone is 4. The number of rotatable bonds is 5. The predicted molar refractivity (Wildman–Crippen MR) is 185 cm³/mol. The number of methoxy groups -OCH3 is 1. The number of halogens is 3. The number of aromatic nitrogens is 3. The molecule has 4 heterocycles. The normalized spacial score (nSPS) is 21.5. The Bertz CT molecular complexity index is 2020. The molecule has 0 spiro atoms. The van der Waals surface area contributed by atoms with Crippen LogP contribution in [0.3, 0.4) is 0 Å². The highest BCUT2D eigenvalue weighted by Crippen LogP contribution is 2.39. The van der Waals surface area contributed by atoms with Gasteiger partial charge in [0.2, 0.25) is 0 Å². The van der Waals surface area contributed by atoms with Crippen molar-refractivity contribution < 1.29 is 28.2 Å². The molecule has 0 saturated carbocycles. The summed E-state index contributed by atoms with van der Waals surface area (Å²) < 4.78 is 34.1. The van der Waals surface area contributed by atoms with Crippen molar-refractivity contribution in [1.82, 2.24) is 19.9 Å². The third-order valence-electron chi connectivity index (χ3n) is 9.11. The molecule has 0 radical (unpaired) electrons. The molecule has 2 bridgehead atoms. The van der Waals surface area contributed by atoms with Crippen LogP contribution in [-0.4, -0.2) is 77.5 Å². The van der Waals surface area contributed by atoms with E-state index in [9.17, 15) is 9.59 Å². The minimum Gasteiger partial charge on any atom is -0.480 e. The number of anilines is 1. The Hall–Kier alpha value is -4.71. The van der Waals surface area contributed by atoms with Crippen molar-refractivity contribution >= 4 is 57.4 Å². The maximum absolute atomic E-state index is 15.8. The van der Waals surface area contributed by atoms with Crippen LogP contribution >= 0.6 is 23.2 Å². The molecule has 10 nitrogen and oxygen atoms in total. The zero-order valence-corrected chi connectivity index (χ0v) is 28.2. The van der Waals surface area contributed by atoms with Crippen molar-refractivity contribution in [2.24, 2.45) is 7.05 Å². The van der Waals surface area contributed by atoms with Gasteiger partial charge in [-0.25, -0.2) is 13.9 Å². The lowest BCUT2D eigenvalue weighted by atomic mass is 9.99. The molecule has 49 heavy (non-hydrogen) atoms. The van der Waals surface area contributed by atoms with Gasteiger partial charge in [-0.3, -0.25) is 4.79 Å². The molecule has 252 valence electrons. The number of hydrogen-bond acceptors (Lipinski definition) is 8. The Morgan fingerprint density at radius 2 is 1.78 bits per heavy atom. The second-order valence-electron chi connectivity index (χ2n) is 12.1. The van der Waals surface area contributed by atoms with Crippen LogP contribution < -0.4 is 4.90 Å². The van der Waals surface area contributed by atoms with Crippen molar-refractivity contribution in [1.29, 1.82) is 0 Å². The van der Waals surface area contributed by atoms with E-state index < -0.39 is 17.7 Å². The average molecular weight is 705 g/mol. The summed E-state index contributed by atoms with van der Waals surface area (Å²) in [6, 6.07) is 12.1. The number of hydrogen-bond donors (Lipinski definition) is 0. The van der Waals surface area contributed by atoms with Gasteiger partial charge in [-0.1, -0.05) is 64.9 Å². The molecule has 0 N–H and O–H groups in total. The molecule has 2 saturated heterocycles. The summed E-state index contributed by atoms with van der Waals surface area (Å²) in [5.41, 5.74) is 4.50. The molecule has 3 aliphatic rings. The van der Waals surface area contributed by atoms with Gasteiger partial charge in [0.05, 0.1) is 71.0 Å². The first kappa shape index (κ1) is 32.8. The first-order valence-corrected chi connectivity index (χ1v) is 16.5. The molecule has 3 aliphatic heterocycles. The van der Waals surface area contributed by atoms with E-state index in [2.05, 4.69) is 15.2 Å². The van der Waals surface area contributed by atoms with Gasteiger partial charge in [0.25, 0.3) is 5.91 Å². The lowest BCUT2D eigenvalue weighted by Gasteiger charge is -2.37.